The van der Waals surface area contributed by atoms with Gasteiger partial charge < -0.3 is 19.1 Å². The van der Waals surface area contributed by atoms with Gasteiger partial charge in [-0.25, -0.2) is 4.79 Å². The number of benzene rings is 1. The minimum absolute atomic E-state index is 0.000799. The predicted molar refractivity (Wildman–Crippen MR) is 109 cm³/mol. The summed E-state index contributed by atoms with van der Waals surface area (Å²) in [6, 6.07) is 8.01. The van der Waals surface area contributed by atoms with Gasteiger partial charge in [0.2, 0.25) is 0 Å². The molecular formula is C23H30N2O4. The van der Waals surface area contributed by atoms with Crippen LogP contribution in [-0.2, 0) is 19.7 Å². The number of aliphatic imine (C=N–C) groups is 1. The number of hydrogen-bond donors (Lipinski definition) is 0. The first-order valence-electron chi connectivity index (χ1n) is 10.4. The van der Waals surface area contributed by atoms with E-state index in [9.17, 15) is 9.90 Å². The van der Waals surface area contributed by atoms with E-state index in [1.807, 2.05) is 18.2 Å². The molecule has 3 aliphatic rings. The highest BCUT2D eigenvalue weighted by molar-refractivity contribution is 5.94. The van der Waals surface area contributed by atoms with Gasteiger partial charge >= 0.3 is 5.97 Å². The second-order valence-electron chi connectivity index (χ2n) is 8.87. The molecular weight excluding hydrogens is 368 g/mol. The van der Waals surface area contributed by atoms with Crippen LogP contribution in [0.5, 0.6) is 0 Å². The van der Waals surface area contributed by atoms with E-state index in [1.165, 1.54) is 13.4 Å². The Kier molecular flexibility index (Phi) is 4.93. The number of rotatable bonds is 4. The Morgan fingerprint density at radius 1 is 1.38 bits per heavy atom. The minimum atomic E-state index is -0.587. The molecule has 2 saturated heterocycles. The van der Waals surface area contributed by atoms with Crippen LogP contribution in [0.1, 0.15) is 31.7 Å². The number of methoxy groups -OCH3 is 2. The van der Waals surface area contributed by atoms with Gasteiger partial charge in [0, 0.05) is 24.7 Å². The zero-order chi connectivity index (χ0) is 20.8. The number of ether oxygens (including phenoxy) is 2. The lowest BCUT2D eigenvalue weighted by molar-refractivity contribution is -0.932. The highest BCUT2D eigenvalue weighted by Crippen LogP contribution is 2.55. The van der Waals surface area contributed by atoms with E-state index in [2.05, 4.69) is 25.0 Å². The maximum atomic E-state index is 13.3. The zero-order valence-electron chi connectivity index (χ0n) is 17.7. The van der Waals surface area contributed by atoms with Crippen molar-refractivity contribution < 1.29 is 23.9 Å². The third-order valence-corrected chi connectivity index (χ3v) is 7.61. The Labute approximate surface area is 172 Å². The van der Waals surface area contributed by atoms with Crippen LogP contribution in [0.3, 0.4) is 0 Å². The molecule has 3 heterocycles. The van der Waals surface area contributed by atoms with Crippen molar-refractivity contribution in [3.63, 3.8) is 0 Å². The summed E-state index contributed by atoms with van der Waals surface area (Å²) in [5, 5.41) is 13.3. The Morgan fingerprint density at radius 2 is 2.14 bits per heavy atom. The van der Waals surface area contributed by atoms with Gasteiger partial charge in [-0.05, 0) is 23.9 Å². The van der Waals surface area contributed by atoms with E-state index < -0.39 is 5.41 Å². The molecule has 156 valence electrons. The highest BCUT2D eigenvalue weighted by atomic mass is 16.5. The second kappa shape index (κ2) is 7.17. The molecule has 4 rings (SSSR count). The van der Waals surface area contributed by atoms with E-state index in [0.717, 1.165) is 48.1 Å². The molecule has 0 N–H and O–H groups in total. The number of fused-ring (bicyclic) bond motifs is 4. The van der Waals surface area contributed by atoms with Gasteiger partial charge in [0.1, 0.15) is 6.04 Å². The lowest BCUT2D eigenvalue weighted by Crippen LogP contribution is -2.63. The lowest BCUT2D eigenvalue weighted by atomic mass is 9.66. The molecule has 0 aliphatic carbocycles. The van der Waals surface area contributed by atoms with Crippen molar-refractivity contribution in [1.82, 2.24) is 0 Å². The third kappa shape index (κ3) is 2.80. The molecule has 0 bridgehead atoms. The van der Waals surface area contributed by atoms with Gasteiger partial charge in [-0.1, -0.05) is 25.1 Å². The van der Waals surface area contributed by atoms with E-state index in [0.29, 0.717) is 11.5 Å². The first-order chi connectivity index (χ1) is 13.9. The molecule has 1 aromatic rings. The molecule has 0 saturated carbocycles. The minimum Gasteiger partial charge on any atom is -0.861 e. The zero-order valence-corrected chi connectivity index (χ0v) is 17.7. The summed E-state index contributed by atoms with van der Waals surface area (Å²) < 4.78 is 11.2. The summed E-state index contributed by atoms with van der Waals surface area (Å²) in [4.78, 5) is 17.0. The monoisotopic (exact) mass is 398 g/mol. The van der Waals surface area contributed by atoms with E-state index in [4.69, 9.17) is 9.47 Å². The molecule has 0 aromatic heterocycles. The van der Waals surface area contributed by atoms with Gasteiger partial charge in [-0.15, -0.1) is 0 Å². The van der Waals surface area contributed by atoms with Gasteiger partial charge in [-0.3, -0.25) is 4.99 Å². The SMILES string of the molecule is CCC1C[N+]2(C)CCC3(C([O-])=Nc4ccccc43)C2CC1C(=COC)C(=O)OC. The molecule has 6 heteroatoms. The van der Waals surface area contributed by atoms with Crippen molar-refractivity contribution in [3.8, 4) is 0 Å². The summed E-state index contributed by atoms with van der Waals surface area (Å²) in [5.41, 5.74) is 1.85. The van der Waals surface area contributed by atoms with Crippen LogP contribution in [0.15, 0.2) is 41.1 Å². The van der Waals surface area contributed by atoms with Crippen molar-refractivity contribution in [2.45, 2.75) is 37.6 Å². The number of carbonyl (C=O) groups excluding carboxylic acids is 1. The number of piperidine rings is 1. The standard InChI is InChI=1S/C23H30N2O4/c1-5-15-13-25(2)11-10-23(18-8-6-7-9-19(18)24-22(23)27)20(25)12-16(15)17(14-28-3)21(26)29-4/h6-9,14-16,20H,5,10-13H2,1-4H3. The average Bonchev–Trinajstić information content (AvgIpc) is 3.19. The summed E-state index contributed by atoms with van der Waals surface area (Å²) in [5.74, 6) is -0.0365. The first-order valence-corrected chi connectivity index (χ1v) is 10.4. The van der Waals surface area contributed by atoms with Crippen molar-refractivity contribution in [1.29, 1.82) is 0 Å². The summed E-state index contributed by atoms with van der Waals surface area (Å²) in [6.45, 7) is 4.05. The number of carbonyl (C=O) groups is 1. The Bertz CT molecular complexity index is 879. The number of hydrogen-bond acceptors (Lipinski definition) is 5. The molecule has 0 amide bonds. The van der Waals surface area contributed by atoms with Crippen LogP contribution in [0.2, 0.25) is 0 Å². The molecule has 3 aliphatic heterocycles. The number of nitrogens with zero attached hydrogens (tertiary/aromatic N) is 2. The fourth-order valence-electron chi connectivity index (χ4n) is 6.22. The van der Waals surface area contributed by atoms with Crippen LogP contribution in [0.25, 0.3) is 0 Å². The molecule has 1 spiro atoms. The van der Waals surface area contributed by atoms with Crippen molar-refractivity contribution in [2.24, 2.45) is 16.8 Å². The predicted octanol–water partition coefficient (Wildman–Crippen LogP) is 2.30. The quantitative estimate of drug-likeness (QED) is 0.338. The molecule has 1 aromatic carbocycles. The van der Waals surface area contributed by atoms with Crippen LogP contribution in [0.4, 0.5) is 5.69 Å². The average molecular weight is 399 g/mol. The third-order valence-electron chi connectivity index (χ3n) is 7.61. The normalized spacial score (nSPS) is 35.8. The maximum Gasteiger partial charge on any atom is 0.337 e. The van der Waals surface area contributed by atoms with Gasteiger partial charge in [0.25, 0.3) is 0 Å². The maximum absolute atomic E-state index is 13.3. The number of quaternary nitrogens is 1. The second-order valence-corrected chi connectivity index (χ2v) is 8.87. The number of esters is 1. The Balaban J connectivity index is 1.79. The van der Waals surface area contributed by atoms with Gasteiger partial charge in [-0.2, -0.15) is 0 Å². The fourth-order valence-corrected chi connectivity index (χ4v) is 6.22. The van der Waals surface area contributed by atoms with Crippen LogP contribution in [0, 0.1) is 11.8 Å². The topological polar surface area (TPSA) is 71.0 Å². The fraction of sp³-hybridized carbons (Fsp3) is 0.565. The van der Waals surface area contributed by atoms with Crippen LogP contribution >= 0.6 is 0 Å². The summed E-state index contributed by atoms with van der Waals surface area (Å²) in [7, 11) is 5.23. The summed E-state index contributed by atoms with van der Waals surface area (Å²) >= 11 is 0. The summed E-state index contributed by atoms with van der Waals surface area (Å²) in [6.07, 6.45) is 4.05. The lowest BCUT2D eigenvalue weighted by Gasteiger charge is -2.51. The molecule has 0 radical (unpaired) electrons. The van der Waals surface area contributed by atoms with E-state index in [1.54, 1.807) is 7.11 Å². The molecule has 2 fully saturated rings. The van der Waals surface area contributed by atoms with Gasteiger partial charge in [0.05, 0.1) is 57.3 Å². The first kappa shape index (κ1) is 20.0. The Morgan fingerprint density at radius 3 is 2.83 bits per heavy atom. The molecule has 29 heavy (non-hydrogen) atoms. The molecule has 5 atom stereocenters. The van der Waals surface area contributed by atoms with Crippen molar-refractivity contribution in [3.05, 3.63) is 41.7 Å². The van der Waals surface area contributed by atoms with E-state index in [-0.39, 0.29) is 23.8 Å². The smallest absolute Gasteiger partial charge is 0.337 e. The van der Waals surface area contributed by atoms with Crippen molar-refractivity contribution >= 4 is 17.6 Å². The number of likely N-dealkylation sites (N-methyl/N-ethyl adjacent to an activating group) is 1. The van der Waals surface area contributed by atoms with Crippen LogP contribution < -0.4 is 5.11 Å². The van der Waals surface area contributed by atoms with Crippen molar-refractivity contribution in [2.75, 3.05) is 34.4 Å². The van der Waals surface area contributed by atoms with Gasteiger partial charge in [0.15, 0.2) is 0 Å². The largest absolute Gasteiger partial charge is 0.861 e. The van der Waals surface area contributed by atoms with Crippen LogP contribution in [-0.4, -0.2) is 56.7 Å². The Hall–Kier alpha value is -2.34. The number of para-hydroxylation sites is 1. The van der Waals surface area contributed by atoms with E-state index >= 15 is 0 Å². The molecule has 5 unspecified atom stereocenters. The molecule has 6 nitrogen and oxygen atoms in total. The highest BCUT2D eigenvalue weighted by Gasteiger charge is 2.63.